The van der Waals surface area contributed by atoms with Crippen molar-refractivity contribution in [2.75, 3.05) is 0 Å². The summed E-state index contributed by atoms with van der Waals surface area (Å²) in [7, 11) is 0. The van der Waals surface area contributed by atoms with Crippen molar-refractivity contribution < 1.29 is 4.79 Å². The molecule has 0 radical (unpaired) electrons. The molecule has 0 saturated carbocycles. The third-order valence-electron chi connectivity index (χ3n) is 3.79. The molecule has 20 heavy (non-hydrogen) atoms. The third kappa shape index (κ3) is 15.5. The van der Waals surface area contributed by atoms with Crippen LogP contribution < -0.4 is 0 Å². The molecule has 0 aromatic heterocycles. The average molecular weight is 280 g/mol. The number of rotatable bonds is 15. The number of allylic oxidation sites excluding steroid dienone is 2. The van der Waals surface area contributed by atoms with Gasteiger partial charge in [-0.05, 0) is 25.7 Å². The van der Waals surface area contributed by atoms with E-state index in [0.29, 0.717) is 5.78 Å². The van der Waals surface area contributed by atoms with Crippen molar-refractivity contribution in [1.82, 2.24) is 0 Å². The average Bonchev–Trinajstić information content (AvgIpc) is 2.45. The van der Waals surface area contributed by atoms with Crippen LogP contribution in [-0.2, 0) is 4.79 Å². The number of Topliss-reactive ketones (excluding diaryl/α,β-unsaturated/α-hetero) is 1. The van der Waals surface area contributed by atoms with Gasteiger partial charge in [-0.2, -0.15) is 0 Å². The molecule has 0 bridgehead atoms. The molecule has 0 fully saturated rings. The Hall–Kier alpha value is -0.590. The first kappa shape index (κ1) is 19.4. The van der Waals surface area contributed by atoms with Gasteiger partial charge < -0.3 is 0 Å². The fraction of sp³-hybridized carbons (Fsp3) is 0.842. The number of ketones is 1. The SMILES string of the molecule is CCCCCC/C=C\CCC(=O)CCCCCCCC. The lowest BCUT2D eigenvalue weighted by Gasteiger charge is -2.00. The zero-order chi connectivity index (χ0) is 14.9. The minimum atomic E-state index is 0.455. The van der Waals surface area contributed by atoms with Crippen LogP contribution in [0.4, 0.5) is 0 Å². The Bertz CT molecular complexity index is 230. The van der Waals surface area contributed by atoms with Gasteiger partial charge in [-0.1, -0.05) is 77.4 Å². The smallest absolute Gasteiger partial charge is 0.133 e. The van der Waals surface area contributed by atoms with E-state index in [1.165, 1.54) is 64.2 Å². The number of carbonyl (C=O) groups is 1. The van der Waals surface area contributed by atoms with Crippen LogP contribution in [0.3, 0.4) is 0 Å². The number of hydrogen-bond donors (Lipinski definition) is 0. The van der Waals surface area contributed by atoms with E-state index in [1.54, 1.807) is 0 Å². The van der Waals surface area contributed by atoms with Gasteiger partial charge in [0.2, 0.25) is 0 Å². The molecule has 0 aliphatic heterocycles. The van der Waals surface area contributed by atoms with Gasteiger partial charge in [0.15, 0.2) is 0 Å². The Labute approximate surface area is 127 Å². The van der Waals surface area contributed by atoms with E-state index in [9.17, 15) is 4.79 Å². The Morgan fingerprint density at radius 1 is 0.650 bits per heavy atom. The van der Waals surface area contributed by atoms with Crippen molar-refractivity contribution in [3.63, 3.8) is 0 Å². The highest BCUT2D eigenvalue weighted by Gasteiger charge is 2.00. The molecule has 0 aliphatic carbocycles. The predicted molar refractivity (Wildman–Crippen MR) is 90.1 cm³/mol. The lowest BCUT2D eigenvalue weighted by Crippen LogP contribution is -1.96. The summed E-state index contributed by atoms with van der Waals surface area (Å²) in [6.07, 6.45) is 21.1. The van der Waals surface area contributed by atoms with Gasteiger partial charge in [-0.15, -0.1) is 0 Å². The van der Waals surface area contributed by atoms with Crippen LogP contribution >= 0.6 is 0 Å². The second-order valence-corrected chi connectivity index (χ2v) is 5.92. The van der Waals surface area contributed by atoms with Gasteiger partial charge in [0.05, 0.1) is 0 Å². The fourth-order valence-corrected chi connectivity index (χ4v) is 2.40. The molecule has 0 aromatic rings. The second kappa shape index (κ2) is 16.5. The molecule has 0 N–H and O–H groups in total. The minimum absolute atomic E-state index is 0.455. The van der Waals surface area contributed by atoms with E-state index < -0.39 is 0 Å². The molecular formula is C19H36O. The van der Waals surface area contributed by atoms with Gasteiger partial charge in [0.25, 0.3) is 0 Å². The van der Waals surface area contributed by atoms with Crippen molar-refractivity contribution in [3.8, 4) is 0 Å². The maximum absolute atomic E-state index is 11.7. The lowest BCUT2D eigenvalue weighted by atomic mass is 10.1. The molecule has 1 nitrogen and oxygen atoms in total. The minimum Gasteiger partial charge on any atom is -0.300 e. The summed E-state index contributed by atoms with van der Waals surface area (Å²) < 4.78 is 0. The first-order valence-corrected chi connectivity index (χ1v) is 8.98. The monoisotopic (exact) mass is 280 g/mol. The Morgan fingerprint density at radius 2 is 1.20 bits per heavy atom. The summed E-state index contributed by atoms with van der Waals surface area (Å²) in [4.78, 5) is 11.7. The van der Waals surface area contributed by atoms with Crippen LogP contribution in [0.25, 0.3) is 0 Å². The molecule has 1 heteroatoms. The van der Waals surface area contributed by atoms with Gasteiger partial charge >= 0.3 is 0 Å². The van der Waals surface area contributed by atoms with Crippen molar-refractivity contribution in [1.29, 1.82) is 0 Å². The maximum atomic E-state index is 11.7. The van der Waals surface area contributed by atoms with Crippen molar-refractivity contribution in [3.05, 3.63) is 12.2 Å². The summed E-state index contributed by atoms with van der Waals surface area (Å²) in [5.74, 6) is 0.455. The highest BCUT2D eigenvalue weighted by molar-refractivity contribution is 5.78. The molecule has 0 aromatic carbocycles. The van der Waals surface area contributed by atoms with Crippen LogP contribution in [-0.4, -0.2) is 5.78 Å². The normalized spacial score (nSPS) is 11.3. The molecule has 0 atom stereocenters. The highest BCUT2D eigenvalue weighted by Crippen LogP contribution is 2.09. The van der Waals surface area contributed by atoms with Gasteiger partial charge in [0.1, 0.15) is 5.78 Å². The molecule has 0 heterocycles. The summed E-state index contributed by atoms with van der Waals surface area (Å²) >= 11 is 0. The number of hydrogen-bond acceptors (Lipinski definition) is 1. The quantitative estimate of drug-likeness (QED) is 0.243. The van der Waals surface area contributed by atoms with Gasteiger partial charge in [0, 0.05) is 12.8 Å². The number of unbranched alkanes of at least 4 members (excludes halogenated alkanes) is 9. The van der Waals surface area contributed by atoms with Gasteiger partial charge in [-0.3, -0.25) is 4.79 Å². The summed E-state index contributed by atoms with van der Waals surface area (Å²) in [5, 5.41) is 0. The van der Waals surface area contributed by atoms with Crippen LogP contribution in [0.5, 0.6) is 0 Å². The van der Waals surface area contributed by atoms with Crippen molar-refractivity contribution >= 4 is 5.78 Å². The van der Waals surface area contributed by atoms with E-state index in [4.69, 9.17) is 0 Å². The van der Waals surface area contributed by atoms with E-state index >= 15 is 0 Å². The first-order valence-electron chi connectivity index (χ1n) is 8.98. The Balaban J connectivity index is 3.25. The summed E-state index contributed by atoms with van der Waals surface area (Å²) in [6.45, 7) is 4.48. The fourth-order valence-electron chi connectivity index (χ4n) is 2.40. The molecule has 0 spiro atoms. The standard InChI is InChI=1S/C19H36O/c1-3-5-7-9-11-12-14-16-18-19(20)17-15-13-10-8-6-4-2/h12,14H,3-11,13,15-18H2,1-2H3/b14-12-. The van der Waals surface area contributed by atoms with Crippen LogP contribution in [0.15, 0.2) is 12.2 Å². The second-order valence-electron chi connectivity index (χ2n) is 5.92. The third-order valence-corrected chi connectivity index (χ3v) is 3.79. The Morgan fingerprint density at radius 3 is 1.90 bits per heavy atom. The largest absolute Gasteiger partial charge is 0.300 e. The lowest BCUT2D eigenvalue weighted by molar-refractivity contribution is -0.119. The van der Waals surface area contributed by atoms with E-state index in [2.05, 4.69) is 26.0 Å². The van der Waals surface area contributed by atoms with Crippen LogP contribution in [0.2, 0.25) is 0 Å². The predicted octanol–water partition coefficient (Wildman–Crippen LogP) is 6.61. The van der Waals surface area contributed by atoms with E-state index in [0.717, 1.165) is 25.7 Å². The zero-order valence-electron chi connectivity index (χ0n) is 14.0. The van der Waals surface area contributed by atoms with Crippen molar-refractivity contribution in [2.24, 2.45) is 0 Å². The topological polar surface area (TPSA) is 17.1 Å². The highest BCUT2D eigenvalue weighted by atomic mass is 16.1. The molecular weight excluding hydrogens is 244 g/mol. The molecule has 0 saturated heterocycles. The van der Waals surface area contributed by atoms with Crippen LogP contribution in [0, 0.1) is 0 Å². The van der Waals surface area contributed by atoms with Gasteiger partial charge in [-0.25, -0.2) is 0 Å². The number of carbonyl (C=O) groups excluding carboxylic acids is 1. The maximum Gasteiger partial charge on any atom is 0.133 e. The zero-order valence-corrected chi connectivity index (χ0v) is 14.0. The van der Waals surface area contributed by atoms with E-state index in [1.807, 2.05) is 0 Å². The molecule has 0 unspecified atom stereocenters. The molecule has 0 aliphatic rings. The molecule has 0 amide bonds. The van der Waals surface area contributed by atoms with Crippen molar-refractivity contribution in [2.45, 2.75) is 104 Å². The molecule has 0 rings (SSSR count). The summed E-state index contributed by atoms with van der Waals surface area (Å²) in [6, 6.07) is 0. The molecule has 118 valence electrons. The first-order chi connectivity index (χ1) is 9.81. The summed E-state index contributed by atoms with van der Waals surface area (Å²) in [5.41, 5.74) is 0. The Kier molecular flexibility index (Phi) is 16.0. The van der Waals surface area contributed by atoms with E-state index in [-0.39, 0.29) is 0 Å². The van der Waals surface area contributed by atoms with Crippen LogP contribution in [0.1, 0.15) is 104 Å².